The van der Waals surface area contributed by atoms with E-state index < -0.39 is 0 Å². The molecule has 2 heterocycles. The number of halogens is 3. The van der Waals surface area contributed by atoms with E-state index in [9.17, 15) is 0 Å². The molecular formula is C21H20Br2ClN5OS. The highest BCUT2D eigenvalue weighted by Crippen LogP contribution is 2.32. The van der Waals surface area contributed by atoms with Crippen molar-refractivity contribution in [1.29, 1.82) is 0 Å². The van der Waals surface area contributed by atoms with Crippen LogP contribution in [0.15, 0.2) is 79.2 Å². The van der Waals surface area contributed by atoms with Crippen molar-refractivity contribution in [3.8, 4) is 17.0 Å². The maximum atomic E-state index is 5.98. The molecule has 2 aromatic carbocycles. The second kappa shape index (κ2) is 11.8. The van der Waals surface area contributed by atoms with Crippen LogP contribution in [0.25, 0.3) is 17.0 Å². The van der Waals surface area contributed by atoms with E-state index in [-0.39, 0.29) is 12.4 Å². The maximum Gasteiger partial charge on any atom is 0.214 e. The molecule has 31 heavy (non-hydrogen) atoms. The van der Waals surface area contributed by atoms with Crippen LogP contribution in [-0.4, -0.2) is 32.5 Å². The van der Waals surface area contributed by atoms with Crippen LogP contribution in [0.1, 0.15) is 12.2 Å². The van der Waals surface area contributed by atoms with E-state index in [1.807, 2.05) is 60.7 Å². The highest BCUT2D eigenvalue weighted by molar-refractivity contribution is 9.11. The molecule has 162 valence electrons. The minimum atomic E-state index is 0. The van der Waals surface area contributed by atoms with Gasteiger partial charge < -0.3 is 9.73 Å². The van der Waals surface area contributed by atoms with Crippen molar-refractivity contribution in [2.45, 2.75) is 18.1 Å². The monoisotopic (exact) mass is 583 g/mol. The first-order valence-corrected chi connectivity index (χ1v) is 12.0. The Morgan fingerprint density at radius 1 is 1.03 bits per heavy atom. The van der Waals surface area contributed by atoms with Gasteiger partial charge in [-0.3, -0.25) is 0 Å². The molecule has 4 rings (SSSR count). The van der Waals surface area contributed by atoms with Gasteiger partial charge in [0.25, 0.3) is 0 Å². The van der Waals surface area contributed by atoms with Crippen LogP contribution >= 0.6 is 56.0 Å². The molecule has 0 unspecified atom stereocenters. The lowest BCUT2D eigenvalue weighted by Gasteiger charge is -2.05. The van der Waals surface area contributed by atoms with Crippen LogP contribution in [-0.2, 0) is 6.54 Å². The molecule has 1 N–H and O–H groups in total. The first-order valence-electron chi connectivity index (χ1n) is 9.42. The number of hydrogen-bond acceptors (Lipinski definition) is 6. The molecule has 0 saturated heterocycles. The SMILES string of the molecule is Brc1ccc(-c2ccc(CNCCCSc3nnnn3-c3ccccc3)o2)c(Br)c1.Cl. The number of aromatic nitrogens is 4. The van der Waals surface area contributed by atoms with Gasteiger partial charge in [0.1, 0.15) is 11.5 Å². The molecule has 2 aromatic heterocycles. The molecule has 0 aliphatic heterocycles. The molecule has 0 radical (unpaired) electrons. The Morgan fingerprint density at radius 3 is 2.68 bits per heavy atom. The zero-order chi connectivity index (χ0) is 20.8. The molecule has 0 spiro atoms. The summed E-state index contributed by atoms with van der Waals surface area (Å²) in [5.74, 6) is 2.70. The first kappa shape index (κ1) is 24.0. The highest BCUT2D eigenvalue weighted by Gasteiger charge is 2.10. The van der Waals surface area contributed by atoms with Crippen LogP contribution in [0.2, 0.25) is 0 Å². The molecule has 0 bridgehead atoms. The molecule has 0 fully saturated rings. The van der Waals surface area contributed by atoms with Crippen molar-refractivity contribution in [2.24, 2.45) is 0 Å². The molecule has 0 aliphatic rings. The van der Waals surface area contributed by atoms with Gasteiger partial charge in [-0.1, -0.05) is 45.9 Å². The standard InChI is InChI=1S/C21H19Br2N5OS.ClH/c22-15-7-9-18(19(23)13-15)20-10-8-17(29-20)14-24-11-4-12-30-21-25-26-27-28(21)16-5-2-1-3-6-16;/h1-3,5-10,13,24H,4,11-12,14H2;1H. The second-order valence-electron chi connectivity index (χ2n) is 6.48. The van der Waals surface area contributed by atoms with E-state index in [0.29, 0.717) is 6.54 Å². The lowest BCUT2D eigenvalue weighted by atomic mass is 10.2. The molecule has 10 heteroatoms. The predicted molar refractivity (Wildman–Crippen MR) is 133 cm³/mol. The lowest BCUT2D eigenvalue weighted by Crippen LogP contribution is -2.14. The number of para-hydroxylation sites is 1. The smallest absolute Gasteiger partial charge is 0.214 e. The summed E-state index contributed by atoms with van der Waals surface area (Å²) in [5, 5.41) is 16.2. The van der Waals surface area contributed by atoms with E-state index in [1.54, 1.807) is 16.4 Å². The van der Waals surface area contributed by atoms with E-state index in [4.69, 9.17) is 4.42 Å². The summed E-state index contributed by atoms with van der Waals surface area (Å²) in [6.07, 6.45) is 0.998. The molecule has 0 saturated carbocycles. The highest BCUT2D eigenvalue weighted by atomic mass is 79.9. The number of benzene rings is 2. The van der Waals surface area contributed by atoms with Crippen LogP contribution in [0.5, 0.6) is 0 Å². The largest absolute Gasteiger partial charge is 0.460 e. The Kier molecular flexibility index (Phi) is 9.15. The van der Waals surface area contributed by atoms with E-state index in [1.165, 1.54) is 0 Å². The van der Waals surface area contributed by atoms with Gasteiger partial charge in [0.05, 0.1) is 12.2 Å². The van der Waals surface area contributed by atoms with E-state index >= 15 is 0 Å². The number of nitrogens with zero attached hydrogens (tertiary/aromatic N) is 4. The van der Waals surface area contributed by atoms with Crippen molar-refractivity contribution in [3.05, 3.63) is 75.4 Å². The van der Waals surface area contributed by atoms with Crippen LogP contribution in [0, 0.1) is 0 Å². The summed E-state index contributed by atoms with van der Waals surface area (Å²) in [4.78, 5) is 0. The second-order valence-corrected chi connectivity index (χ2v) is 9.31. The third-order valence-corrected chi connectivity index (χ3v) is 6.48. The van der Waals surface area contributed by atoms with Crippen LogP contribution in [0.3, 0.4) is 0 Å². The fourth-order valence-electron chi connectivity index (χ4n) is 2.88. The minimum absolute atomic E-state index is 0. The molecule has 0 amide bonds. The quantitative estimate of drug-likeness (QED) is 0.188. The van der Waals surface area contributed by atoms with Crippen molar-refractivity contribution < 1.29 is 4.42 Å². The minimum Gasteiger partial charge on any atom is -0.460 e. The Morgan fingerprint density at radius 2 is 1.87 bits per heavy atom. The number of rotatable bonds is 9. The van der Waals surface area contributed by atoms with Gasteiger partial charge in [-0.15, -0.1) is 17.5 Å². The number of furan rings is 1. The van der Waals surface area contributed by atoms with Gasteiger partial charge in [0.15, 0.2) is 0 Å². The van der Waals surface area contributed by atoms with Gasteiger partial charge in [0.2, 0.25) is 5.16 Å². The van der Waals surface area contributed by atoms with Gasteiger partial charge in [0, 0.05) is 20.3 Å². The Hall–Kier alpha value is -1.65. The number of tetrazole rings is 1. The van der Waals surface area contributed by atoms with Gasteiger partial charge in [-0.05, 0) is 81.8 Å². The average Bonchev–Trinajstić information content (AvgIpc) is 3.41. The maximum absolute atomic E-state index is 5.98. The fourth-order valence-corrected chi connectivity index (χ4v) is 4.95. The normalized spacial score (nSPS) is 10.8. The van der Waals surface area contributed by atoms with Gasteiger partial charge in [-0.2, -0.15) is 4.68 Å². The molecule has 6 nitrogen and oxygen atoms in total. The summed E-state index contributed by atoms with van der Waals surface area (Å²) in [6, 6.07) is 20.0. The molecular weight excluding hydrogens is 566 g/mol. The summed E-state index contributed by atoms with van der Waals surface area (Å²) >= 11 is 8.71. The summed E-state index contributed by atoms with van der Waals surface area (Å²) in [6.45, 7) is 1.58. The summed E-state index contributed by atoms with van der Waals surface area (Å²) in [5.41, 5.74) is 2.01. The lowest BCUT2D eigenvalue weighted by molar-refractivity contribution is 0.494. The van der Waals surface area contributed by atoms with Gasteiger partial charge >= 0.3 is 0 Å². The molecule has 0 atom stereocenters. The predicted octanol–water partition coefficient (Wildman–Crippen LogP) is 6.14. The zero-order valence-corrected chi connectivity index (χ0v) is 21.2. The Labute approximate surface area is 207 Å². The van der Waals surface area contributed by atoms with Crippen molar-refractivity contribution in [2.75, 3.05) is 12.3 Å². The Balaban J connectivity index is 0.00000272. The van der Waals surface area contributed by atoms with Crippen molar-refractivity contribution in [3.63, 3.8) is 0 Å². The molecule has 0 aliphatic carbocycles. The third kappa shape index (κ3) is 6.43. The number of thioether (sulfide) groups is 1. The van der Waals surface area contributed by atoms with E-state index in [2.05, 4.69) is 52.7 Å². The molecule has 4 aromatic rings. The Bertz CT molecular complexity index is 1110. The fraction of sp³-hybridized carbons (Fsp3) is 0.190. The zero-order valence-electron chi connectivity index (χ0n) is 16.4. The number of hydrogen-bond donors (Lipinski definition) is 1. The van der Waals surface area contributed by atoms with E-state index in [0.717, 1.165) is 55.6 Å². The van der Waals surface area contributed by atoms with Crippen LogP contribution < -0.4 is 5.32 Å². The summed E-state index contributed by atoms with van der Waals surface area (Å²) < 4.78 is 9.77. The topological polar surface area (TPSA) is 68.8 Å². The third-order valence-electron chi connectivity index (χ3n) is 4.33. The average molecular weight is 586 g/mol. The summed E-state index contributed by atoms with van der Waals surface area (Å²) in [7, 11) is 0. The first-order chi connectivity index (χ1) is 14.7. The van der Waals surface area contributed by atoms with Crippen molar-refractivity contribution >= 4 is 56.0 Å². The van der Waals surface area contributed by atoms with Crippen molar-refractivity contribution in [1.82, 2.24) is 25.5 Å². The van der Waals surface area contributed by atoms with Crippen LogP contribution in [0.4, 0.5) is 0 Å². The number of nitrogens with one attached hydrogen (secondary N) is 1. The van der Waals surface area contributed by atoms with Gasteiger partial charge in [-0.25, -0.2) is 0 Å².